The minimum absolute atomic E-state index is 0.109. The molecule has 2 rings (SSSR count). The lowest BCUT2D eigenvalue weighted by Gasteiger charge is -2.12. The normalized spacial score (nSPS) is 11.1. The van der Waals surface area contributed by atoms with Crippen LogP contribution in [-0.2, 0) is 9.59 Å². The number of fused-ring (bicyclic) bond motifs is 1. The van der Waals surface area contributed by atoms with E-state index < -0.39 is 5.63 Å². The fourth-order valence-electron chi connectivity index (χ4n) is 4.74. The molecule has 218 valence electrons. The van der Waals surface area contributed by atoms with Crippen LogP contribution in [0.25, 0.3) is 11.0 Å². The van der Waals surface area contributed by atoms with Gasteiger partial charge in [0.15, 0.2) is 11.5 Å². The molecule has 1 aromatic carbocycles. The van der Waals surface area contributed by atoms with Crippen molar-refractivity contribution in [1.29, 1.82) is 0 Å². The monoisotopic (exact) mass is 542 g/mol. The maximum absolute atomic E-state index is 12.6. The van der Waals surface area contributed by atoms with Crippen LogP contribution in [0.2, 0.25) is 0 Å². The zero-order valence-electron chi connectivity index (χ0n) is 24.4. The highest BCUT2D eigenvalue weighted by atomic mass is 16.6. The zero-order chi connectivity index (χ0) is 28.1. The Bertz CT molecular complexity index is 1020. The first kappa shape index (κ1) is 32.6. The van der Waals surface area contributed by atoms with Crippen LogP contribution in [0, 0.1) is 0 Å². The molecule has 0 fully saturated rings. The van der Waals surface area contributed by atoms with Crippen LogP contribution < -0.4 is 15.1 Å². The van der Waals surface area contributed by atoms with Gasteiger partial charge >= 0.3 is 17.6 Å². The molecule has 6 heteroatoms. The first-order chi connectivity index (χ1) is 19.0. The summed E-state index contributed by atoms with van der Waals surface area (Å²) in [6.07, 6.45) is 21.6. The lowest BCUT2D eigenvalue weighted by Crippen LogP contribution is -2.12. The highest BCUT2D eigenvalue weighted by Gasteiger charge is 2.16. The topological polar surface area (TPSA) is 82.8 Å². The average molecular weight is 543 g/mol. The van der Waals surface area contributed by atoms with E-state index in [9.17, 15) is 14.4 Å². The molecule has 0 atom stereocenters. The summed E-state index contributed by atoms with van der Waals surface area (Å²) in [6.45, 7) is 4.44. The molecule has 0 unspecified atom stereocenters. The Morgan fingerprint density at radius 3 is 1.46 bits per heavy atom. The summed E-state index contributed by atoms with van der Waals surface area (Å²) in [4.78, 5) is 36.8. The standard InChI is InChI=1S/C33H50O6/c1-3-5-7-9-11-13-15-17-19-21-31(34)38-29-25-27-23-24-33(36)37-28(27)26-30(29)39-32(35)22-20-18-16-14-12-10-8-6-4-2/h23-26H,3-22H2,1-2H3. The van der Waals surface area contributed by atoms with Gasteiger partial charge in [-0.2, -0.15) is 0 Å². The number of unbranched alkanes of at least 4 members (excludes halogenated alkanes) is 16. The molecule has 0 N–H and O–H groups in total. The van der Waals surface area contributed by atoms with E-state index in [4.69, 9.17) is 13.9 Å². The van der Waals surface area contributed by atoms with Gasteiger partial charge in [0.25, 0.3) is 0 Å². The quantitative estimate of drug-likeness (QED) is 0.0637. The van der Waals surface area contributed by atoms with Crippen LogP contribution in [0.5, 0.6) is 11.5 Å². The first-order valence-corrected chi connectivity index (χ1v) is 15.5. The largest absolute Gasteiger partial charge is 0.423 e. The molecule has 0 saturated carbocycles. The van der Waals surface area contributed by atoms with Crippen molar-refractivity contribution in [2.75, 3.05) is 0 Å². The molecular weight excluding hydrogens is 492 g/mol. The van der Waals surface area contributed by atoms with E-state index in [1.165, 1.54) is 89.2 Å². The maximum atomic E-state index is 12.6. The second-order valence-electron chi connectivity index (χ2n) is 10.7. The van der Waals surface area contributed by atoms with E-state index in [1.807, 2.05) is 0 Å². The van der Waals surface area contributed by atoms with Gasteiger partial charge in [-0.3, -0.25) is 9.59 Å². The van der Waals surface area contributed by atoms with E-state index >= 15 is 0 Å². The summed E-state index contributed by atoms with van der Waals surface area (Å²) in [7, 11) is 0. The van der Waals surface area contributed by atoms with E-state index in [2.05, 4.69) is 13.8 Å². The second kappa shape index (κ2) is 20.3. The molecule has 0 aliphatic rings. The molecule has 2 aromatic rings. The Balaban J connectivity index is 1.82. The molecule has 0 saturated heterocycles. The Labute approximate surface area is 234 Å². The van der Waals surface area contributed by atoms with Crippen LogP contribution in [-0.4, -0.2) is 11.9 Å². The third kappa shape index (κ3) is 14.4. The molecule has 0 amide bonds. The molecule has 6 nitrogen and oxygen atoms in total. The van der Waals surface area contributed by atoms with Crippen molar-refractivity contribution in [1.82, 2.24) is 0 Å². The predicted octanol–water partition coefficient (Wildman–Crippen LogP) is 9.45. The molecule has 1 aromatic heterocycles. The fourth-order valence-corrected chi connectivity index (χ4v) is 4.74. The minimum Gasteiger partial charge on any atom is -0.423 e. The van der Waals surface area contributed by atoms with Gasteiger partial charge in [-0.1, -0.05) is 117 Å². The summed E-state index contributed by atoms with van der Waals surface area (Å²) >= 11 is 0. The van der Waals surface area contributed by atoms with Crippen molar-refractivity contribution in [3.8, 4) is 11.5 Å². The number of hydrogen-bond acceptors (Lipinski definition) is 6. The van der Waals surface area contributed by atoms with Gasteiger partial charge in [0.2, 0.25) is 0 Å². The Morgan fingerprint density at radius 2 is 1.00 bits per heavy atom. The molecule has 0 aliphatic heterocycles. The number of benzene rings is 1. The summed E-state index contributed by atoms with van der Waals surface area (Å²) in [5.74, 6) is -0.450. The summed E-state index contributed by atoms with van der Waals surface area (Å²) < 4.78 is 16.5. The number of carbonyl (C=O) groups excluding carboxylic acids is 2. The summed E-state index contributed by atoms with van der Waals surface area (Å²) in [5, 5.41) is 0.596. The molecule has 0 radical (unpaired) electrons. The van der Waals surface area contributed by atoms with Gasteiger partial charge in [0, 0.05) is 30.4 Å². The molecule has 0 spiro atoms. The van der Waals surface area contributed by atoms with E-state index in [0.717, 1.165) is 38.5 Å². The molecule has 0 bridgehead atoms. The molecule has 39 heavy (non-hydrogen) atoms. The fraction of sp³-hybridized carbons (Fsp3) is 0.667. The maximum Gasteiger partial charge on any atom is 0.336 e. The molecule has 0 aliphatic carbocycles. The van der Waals surface area contributed by atoms with E-state index in [-0.39, 0.29) is 29.0 Å². The van der Waals surface area contributed by atoms with Gasteiger partial charge < -0.3 is 13.9 Å². The van der Waals surface area contributed by atoms with Crippen molar-refractivity contribution in [2.45, 2.75) is 142 Å². The first-order valence-electron chi connectivity index (χ1n) is 15.5. The van der Waals surface area contributed by atoms with E-state index in [1.54, 1.807) is 12.1 Å². The predicted molar refractivity (Wildman–Crippen MR) is 157 cm³/mol. The van der Waals surface area contributed by atoms with Gasteiger partial charge in [0.1, 0.15) is 5.58 Å². The highest BCUT2D eigenvalue weighted by molar-refractivity contribution is 5.84. The SMILES string of the molecule is CCCCCCCCCCCC(=O)Oc1cc2ccc(=O)oc2cc1OC(=O)CCCCCCCCCCC. The van der Waals surface area contributed by atoms with Crippen molar-refractivity contribution in [3.05, 3.63) is 34.7 Å². The van der Waals surface area contributed by atoms with Crippen LogP contribution in [0.1, 0.15) is 142 Å². The van der Waals surface area contributed by atoms with Crippen molar-refractivity contribution in [2.24, 2.45) is 0 Å². The molecular formula is C33H50O6. The Kier molecular flexibility index (Phi) is 17.0. The number of rotatable bonds is 22. The average Bonchev–Trinajstić information content (AvgIpc) is 2.91. The summed E-state index contributed by atoms with van der Waals surface area (Å²) in [5.41, 5.74) is -0.211. The summed E-state index contributed by atoms with van der Waals surface area (Å²) in [6, 6.07) is 5.97. The zero-order valence-corrected chi connectivity index (χ0v) is 24.4. The molecule has 1 heterocycles. The minimum atomic E-state index is -0.496. The lowest BCUT2D eigenvalue weighted by atomic mass is 10.1. The third-order valence-electron chi connectivity index (χ3n) is 7.10. The number of hydrogen-bond donors (Lipinski definition) is 0. The Morgan fingerprint density at radius 1 is 0.590 bits per heavy atom. The van der Waals surface area contributed by atoms with Crippen molar-refractivity contribution in [3.63, 3.8) is 0 Å². The van der Waals surface area contributed by atoms with Gasteiger partial charge in [-0.15, -0.1) is 0 Å². The van der Waals surface area contributed by atoms with Crippen LogP contribution in [0.3, 0.4) is 0 Å². The van der Waals surface area contributed by atoms with Crippen molar-refractivity contribution >= 4 is 22.9 Å². The van der Waals surface area contributed by atoms with Gasteiger partial charge in [0.05, 0.1) is 0 Å². The highest BCUT2D eigenvalue weighted by Crippen LogP contribution is 2.33. The van der Waals surface area contributed by atoms with E-state index in [0.29, 0.717) is 18.2 Å². The number of carbonyl (C=O) groups is 2. The van der Waals surface area contributed by atoms with Crippen LogP contribution in [0.4, 0.5) is 0 Å². The van der Waals surface area contributed by atoms with Gasteiger partial charge in [-0.25, -0.2) is 4.79 Å². The van der Waals surface area contributed by atoms with Crippen molar-refractivity contribution < 1.29 is 23.5 Å². The van der Waals surface area contributed by atoms with Gasteiger partial charge in [-0.05, 0) is 25.0 Å². The van der Waals surface area contributed by atoms with Crippen LogP contribution in [0.15, 0.2) is 33.5 Å². The Hall–Kier alpha value is -2.63. The number of esters is 2. The lowest BCUT2D eigenvalue weighted by molar-refractivity contribution is -0.137. The van der Waals surface area contributed by atoms with Crippen LogP contribution >= 0.6 is 0 Å². The second-order valence-corrected chi connectivity index (χ2v) is 10.7. The smallest absolute Gasteiger partial charge is 0.336 e. The third-order valence-corrected chi connectivity index (χ3v) is 7.10. The number of ether oxygens (including phenoxy) is 2.